The first-order chi connectivity index (χ1) is 8.58. The van der Waals surface area contributed by atoms with Crippen molar-refractivity contribution in [3.63, 3.8) is 0 Å². The molecule has 1 aliphatic rings. The maximum atomic E-state index is 12.1. The Labute approximate surface area is 117 Å². The van der Waals surface area contributed by atoms with Crippen LogP contribution in [0.4, 0.5) is 0 Å². The van der Waals surface area contributed by atoms with Gasteiger partial charge >= 0.3 is 0 Å². The van der Waals surface area contributed by atoms with E-state index in [1.165, 1.54) is 4.90 Å². The van der Waals surface area contributed by atoms with Gasteiger partial charge in [-0.2, -0.15) is 11.8 Å². The van der Waals surface area contributed by atoms with Crippen molar-refractivity contribution in [3.05, 3.63) is 29.3 Å². The number of sulfone groups is 1. The summed E-state index contributed by atoms with van der Waals surface area (Å²) in [7, 11) is -3.16. The van der Waals surface area contributed by atoms with Crippen molar-refractivity contribution in [2.45, 2.75) is 4.90 Å². The lowest BCUT2D eigenvalue weighted by molar-refractivity contribution is -0.893. The molecule has 0 aliphatic carbocycles. The van der Waals surface area contributed by atoms with Crippen molar-refractivity contribution >= 4 is 33.2 Å². The summed E-state index contributed by atoms with van der Waals surface area (Å²) in [6.45, 7) is 2.84. The zero-order valence-electron chi connectivity index (χ0n) is 10.1. The van der Waals surface area contributed by atoms with Crippen LogP contribution in [-0.4, -0.2) is 45.3 Å². The van der Waals surface area contributed by atoms with Crippen molar-refractivity contribution in [1.82, 2.24) is 0 Å². The van der Waals surface area contributed by atoms with E-state index in [4.69, 9.17) is 11.6 Å². The SMILES string of the molecule is O=S(=O)(CC[NH+]1CCSCC1)c1ccc(Cl)cc1. The molecule has 0 atom stereocenters. The Morgan fingerprint density at radius 3 is 2.39 bits per heavy atom. The van der Waals surface area contributed by atoms with Gasteiger partial charge in [0.15, 0.2) is 9.84 Å². The Kier molecular flexibility index (Phi) is 4.95. The first-order valence-corrected chi connectivity index (χ1v) is 9.16. The molecule has 1 saturated heterocycles. The van der Waals surface area contributed by atoms with Gasteiger partial charge in [0, 0.05) is 16.5 Å². The van der Waals surface area contributed by atoms with Crippen LogP contribution in [0.25, 0.3) is 0 Å². The number of quaternary nitrogens is 1. The third-order valence-electron chi connectivity index (χ3n) is 3.10. The van der Waals surface area contributed by atoms with E-state index < -0.39 is 9.84 Å². The molecule has 3 nitrogen and oxygen atoms in total. The Morgan fingerprint density at radius 1 is 1.17 bits per heavy atom. The molecule has 18 heavy (non-hydrogen) atoms. The largest absolute Gasteiger partial charge is 0.333 e. The number of thioether (sulfide) groups is 1. The molecule has 0 unspecified atom stereocenters. The van der Waals surface area contributed by atoms with Crippen molar-refractivity contribution < 1.29 is 13.3 Å². The van der Waals surface area contributed by atoms with Crippen molar-refractivity contribution in [1.29, 1.82) is 0 Å². The molecule has 0 bridgehead atoms. The topological polar surface area (TPSA) is 38.6 Å². The highest BCUT2D eigenvalue weighted by molar-refractivity contribution is 7.99. The second-order valence-corrected chi connectivity index (χ2v) is 8.16. The highest BCUT2D eigenvalue weighted by atomic mass is 35.5. The minimum absolute atomic E-state index is 0.217. The predicted octanol–water partition coefficient (Wildman–Crippen LogP) is 0.745. The molecule has 2 rings (SSSR count). The van der Waals surface area contributed by atoms with Crippen LogP contribution in [0.15, 0.2) is 29.2 Å². The first-order valence-electron chi connectivity index (χ1n) is 5.97. The van der Waals surface area contributed by atoms with E-state index in [2.05, 4.69) is 0 Å². The van der Waals surface area contributed by atoms with Gasteiger partial charge < -0.3 is 4.90 Å². The molecule has 0 saturated carbocycles. The molecule has 100 valence electrons. The Morgan fingerprint density at radius 2 is 1.78 bits per heavy atom. The third-order valence-corrected chi connectivity index (χ3v) is 6.07. The maximum Gasteiger partial charge on any atom is 0.183 e. The van der Waals surface area contributed by atoms with Gasteiger partial charge in [0.05, 0.1) is 24.5 Å². The minimum atomic E-state index is -3.16. The molecule has 1 aromatic carbocycles. The van der Waals surface area contributed by atoms with E-state index in [0.717, 1.165) is 24.6 Å². The second kappa shape index (κ2) is 6.28. The minimum Gasteiger partial charge on any atom is -0.333 e. The van der Waals surface area contributed by atoms with Crippen LogP contribution in [0.5, 0.6) is 0 Å². The Bertz CT molecular complexity index is 481. The van der Waals surface area contributed by atoms with E-state index in [9.17, 15) is 8.42 Å². The fourth-order valence-corrected chi connectivity index (χ4v) is 4.49. The highest BCUT2D eigenvalue weighted by Crippen LogP contribution is 2.14. The molecular formula is C12H17ClNO2S2+. The summed E-state index contributed by atoms with van der Waals surface area (Å²) < 4.78 is 24.2. The van der Waals surface area contributed by atoms with Crippen LogP contribution in [0.1, 0.15) is 0 Å². The normalized spacial score (nSPS) is 17.8. The van der Waals surface area contributed by atoms with E-state index in [1.54, 1.807) is 24.3 Å². The molecule has 1 heterocycles. The number of rotatable bonds is 4. The molecule has 0 aromatic heterocycles. The van der Waals surface area contributed by atoms with Gasteiger partial charge in [0.2, 0.25) is 0 Å². The zero-order valence-corrected chi connectivity index (χ0v) is 12.5. The van der Waals surface area contributed by atoms with Gasteiger partial charge in [-0.3, -0.25) is 0 Å². The third kappa shape index (κ3) is 3.88. The van der Waals surface area contributed by atoms with Crippen LogP contribution in [0.3, 0.4) is 0 Å². The van der Waals surface area contributed by atoms with Crippen molar-refractivity contribution in [2.75, 3.05) is 36.9 Å². The number of hydrogen-bond acceptors (Lipinski definition) is 3. The summed E-state index contributed by atoms with van der Waals surface area (Å²) >= 11 is 7.70. The summed E-state index contributed by atoms with van der Waals surface area (Å²) in [6, 6.07) is 6.41. The quantitative estimate of drug-likeness (QED) is 0.892. The summed E-state index contributed by atoms with van der Waals surface area (Å²) in [5, 5.41) is 0.563. The van der Waals surface area contributed by atoms with Gasteiger partial charge in [-0.25, -0.2) is 8.42 Å². The van der Waals surface area contributed by atoms with Crippen molar-refractivity contribution in [3.8, 4) is 0 Å². The second-order valence-electron chi connectivity index (χ2n) is 4.39. The van der Waals surface area contributed by atoms with Crippen molar-refractivity contribution in [2.24, 2.45) is 0 Å². The van der Waals surface area contributed by atoms with Gasteiger partial charge in [-0.05, 0) is 24.3 Å². The molecular weight excluding hydrogens is 290 g/mol. The van der Waals surface area contributed by atoms with Crippen LogP contribution < -0.4 is 4.90 Å². The molecule has 1 aliphatic heterocycles. The van der Waals surface area contributed by atoms with Crippen LogP contribution >= 0.6 is 23.4 Å². The molecule has 0 amide bonds. The predicted molar refractivity (Wildman–Crippen MR) is 76.4 cm³/mol. The van der Waals surface area contributed by atoms with Crippen LogP contribution in [0, 0.1) is 0 Å². The Balaban J connectivity index is 1.96. The lowest BCUT2D eigenvalue weighted by atomic mass is 10.4. The maximum absolute atomic E-state index is 12.1. The van der Waals surface area contributed by atoms with Gasteiger partial charge in [-0.15, -0.1) is 0 Å². The number of benzene rings is 1. The number of nitrogens with one attached hydrogen (secondary N) is 1. The molecule has 0 radical (unpaired) electrons. The summed E-state index contributed by atoms with van der Waals surface area (Å²) in [6.07, 6.45) is 0. The first kappa shape index (κ1) is 14.2. The fourth-order valence-electron chi connectivity index (χ4n) is 1.95. The van der Waals surface area contributed by atoms with E-state index in [0.29, 0.717) is 16.5 Å². The van der Waals surface area contributed by atoms with Gasteiger partial charge in [0.25, 0.3) is 0 Å². The molecule has 6 heteroatoms. The lowest BCUT2D eigenvalue weighted by Gasteiger charge is -2.23. The van der Waals surface area contributed by atoms with Gasteiger partial charge in [0.1, 0.15) is 5.75 Å². The summed E-state index contributed by atoms with van der Waals surface area (Å²) in [5.74, 6) is 2.49. The molecule has 1 N–H and O–H groups in total. The zero-order chi connectivity index (χ0) is 13.0. The fraction of sp³-hybridized carbons (Fsp3) is 0.500. The molecule has 0 spiro atoms. The molecule has 1 aromatic rings. The molecule has 1 fully saturated rings. The van der Waals surface area contributed by atoms with E-state index in [-0.39, 0.29) is 5.75 Å². The Hall–Kier alpha value is -0.230. The lowest BCUT2D eigenvalue weighted by Crippen LogP contribution is -3.14. The summed E-state index contributed by atoms with van der Waals surface area (Å²) in [4.78, 5) is 1.77. The van der Waals surface area contributed by atoms with E-state index >= 15 is 0 Å². The average Bonchev–Trinajstić information content (AvgIpc) is 2.38. The van der Waals surface area contributed by atoms with Crippen LogP contribution in [0.2, 0.25) is 5.02 Å². The number of hydrogen-bond donors (Lipinski definition) is 1. The van der Waals surface area contributed by atoms with E-state index in [1.807, 2.05) is 11.8 Å². The monoisotopic (exact) mass is 306 g/mol. The van der Waals surface area contributed by atoms with Gasteiger partial charge in [-0.1, -0.05) is 11.6 Å². The summed E-state index contributed by atoms with van der Waals surface area (Å²) in [5.41, 5.74) is 0. The number of halogens is 1. The smallest absolute Gasteiger partial charge is 0.183 e. The average molecular weight is 307 g/mol. The van der Waals surface area contributed by atoms with Crippen LogP contribution in [-0.2, 0) is 9.84 Å². The highest BCUT2D eigenvalue weighted by Gasteiger charge is 2.20. The standard InChI is InChI=1S/C12H16ClNO2S2/c13-11-1-3-12(4-2-11)18(15,16)10-7-14-5-8-17-9-6-14/h1-4H,5-10H2/p+1.